The van der Waals surface area contributed by atoms with Gasteiger partial charge in [0.2, 0.25) is 5.91 Å². The minimum absolute atomic E-state index is 0.0260. The van der Waals surface area contributed by atoms with E-state index in [0.717, 1.165) is 19.3 Å². The van der Waals surface area contributed by atoms with E-state index >= 15 is 0 Å². The number of aryl methyl sites for hydroxylation is 1. The van der Waals surface area contributed by atoms with Crippen LogP contribution in [0.15, 0.2) is 24.3 Å². The average Bonchev–Trinajstić information content (AvgIpc) is 2.53. The van der Waals surface area contributed by atoms with Crippen LogP contribution < -0.4 is 5.32 Å². The van der Waals surface area contributed by atoms with Gasteiger partial charge in [-0.05, 0) is 37.3 Å². The highest BCUT2D eigenvalue weighted by atomic mass is 16.5. The monoisotopic (exact) mass is 305 g/mol. The van der Waals surface area contributed by atoms with Gasteiger partial charge >= 0.3 is 5.97 Å². The number of hydrogen-bond acceptors (Lipinski definition) is 3. The van der Waals surface area contributed by atoms with Gasteiger partial charge in [-0.2, -0.15) is 0 Å². The maximum Gasteiger partial charge on any atom is 0.335 e. The van der Waals surface area contributed by atoms with Crippen LogP contribution in [0.5, 0.6) is 0 Å². The smallest absolute Gasteiger partial charge is 0.335 e. The Hall–Kier alpha value is -1.88. The number of benzene rings is 1. The van der Waals surface area contributed by atoms with Crippen molar-refractivity contribution >= 4 is 11.9 Å². The topological polar surface area (TPSA) is 75.6 Å². The van der Waals surface area contributed by atoms with E-state index in [-0.39, 0.29) is 23.6 Å². The first-order valence-corrected chi connectivity index (χ1v) is 7.82. The number of carboxylic acid groups (broad SMARTS) is 1. The summed E-state index contributed by atoms with van der Waals surface area (Å²) in [6, 6.07) is 6.99. The molecule has 1 heterocycles. The molecule has 1 aliphatic rings. The molecule has 0 bridgehead atoms. The highest BCUT2D eigenvalue weighted by Crippen LogP contribution is 2.17. The Balaban J connectivity index is 1.84. The van der Waals surface area contributed by atoms with Crippen LogP contribution in [-0.4, -0.2) is 35.7 Å². The summed E-state index contributed by atoms with van der Waals surface area (Å²) in [5, 5.41) is 12.2. The third-order valence-corrected chi connectivity index (χ3v) is 4.06. The maximum absolute atomic E-state index is 12.1. The van der Waals surface area contributed by atoms with Gasteiger partial charge in [0.25, 0.3) is 0 Å². The molecule has 0 aliphatic carbocycles. The Morgan fingerprint density at radius 3 is 2.86 bits per heavy atom. The van der Waals surface area contributed by atoms with Gasteiger partial charge in [0.1, 0.15) is 0 Å². The zero-order chi connectivity index (χ0) is 15.9. The summed E-state index contributed by atoms with van der Waals surface area (Å²) in [7, 11) is 0. The van der Waals surface area contributed by atoms with Gasteiger partial charge in [-0.15, -0.1) is 0 Å². The first-order valence-electron chi connectivity index (χ1n) is 7.82. The van der Waals surface area contributed by atoms with Crippen molar-refractivity contribution in [2.45, 2.75) is 51.2 Å². The molecule has 1 amide bonds. The molecule has 120 valence electrons. The number of amides is 1. The van der Waals surface area contributed by atoms with Crippen LogP contribution in [0.1, 0.15) is 48.5 Å². The largest absolute Gasteiger partial charge is 0.478 e. The predicted octanol–water partition coefficient (Wildman–Crippen LogP) is 2.39. The van der Waals surface area contributed by atoms with Gasteiger partial charge in [0.15, 0.2) is 0 Å². The fourth-order valence-electron chi connectivity index (χ4n) is 2.79. The van der Waals surface area contributed by atoms with Crippen molar-refractivity contribution in [2.24, 2.45) is 0 Å². The van der Waals surface area contributed by atoms with Gasteiger partial charge in [0.05, 0.1) is 11.7 Å². The van der Waals surface area contributed by atoms with Crippen LogP contribution in [0.25, 0.3) is 0 Å². The third-order valence-electron chi connectivity index (χ3n) is 4.06. The first-order chi connectivity index (χ1) is 10.6. The van der Waals surface area contributed by atoms with Gasteiger partial charge in [0, 0.05) is 19.1 Å². The van der Waals surface area contributed by atoms with Gasteiger partial charge < -0.3 is 15.2 Å². The van der Waals surface area contributed by atoms with Crippen LogP contribution in [0, 0.1) is 0 Å². The van der Waals surface area contributed by atoms with E-state index in [1.807, 2.05) is 0 Å². The lowest BCUT2D eigenvalue weighted by Gasteiger charge is -2.29. The second-order valence-electron chi connectivity index (χ2n) is 5.65. The molecule has 2 atom stereocenters. The SMILES string of the molecule is CCC1CC(NC(=O)CCc2ccccc2C(=O)O)CCO1. The first kappa shape index (κ1) is 16.5. The molecule has 5 nitrogen and oxygen atoms in total. The Bertz CT molecular complexity index is 529. The second-order valence-corrected chi connectivity index (χ2v) is 5.65. The molecule has 5 heteroatoms. The fourth-order valence-corrected chi connectivity index (χ4v) is 2.79. The van der Waals surface area contributed by atoms with Crippen molar-refractivity contribution in [3.05, 3.63) is 35.4 Å². The average molecular weight is 305 g/mol. The summed E-state index contributed by atoms with van der Waals surface area (Å²) in [4.78, 5) is 23.2. The van der Waals surface area contributed by atoms with Crippen LogP contribution in [0.2, 0.25) is 0 Å². The van der Waals surface area contributed by atoms with Crippen LogP contribution in [-0.2, 0) is 16.0 Å². The molecule has 0 radical (unpaired) electrons. The van der Waals surface area contributed by atoms with E-state index in [2.05, 4.69) is 12.2 Å². The molecule has 0 spiro atoms. The fraction of sp³-hybridized carbons (Fsp3) is 0.529. The molecule has 0 aromatic heterocycles. The van der Waals surface area contributed by atoms with E-state index in [0.29, 0.717) is 25.0 Å². The van der Waals surface area contributed by atoms with Crippen molar-refractivity contribution in [3.8, 4) is 0 Å². The van der Waals surface area contributed by atoms with Crippen molar-refractivity contribution in [1.82, 2.24) is 5.32 Å². The van der Waals surface area contributed by atoms with Crippen molar-refractivity contribution < 1.29 is 19.4 Å². The molecule has 1 aromatic rings. The minimum atomic E-state index is -0.953. The van der Waals surface area contributed by atoms with Crippen molar-refractivity contribution in [3.63, 3.8) is 0 Å². The second kappa shape index (κ2) is 7.94. The van der Waals surface area contributed by atoms with Crippen molar-refractivity contribution in [2.75, 3.05) is 6.61 Å². The molecule has 2 rings (SSSR count). The van der Waals surface area contributed by atoms with E-state index in [1.165, 1.54) is 0 Å². The molecule has 1 aromatic carbocycles. The molecule has 1 saturated heterocycles. The molecule has 1 aliphatic heterocycles. The van der Waals surface area contributed by atoms with Gasteiger partial charge in [-0.25, -0.2) is 4.79 Å². The summed E-state index contributed by atoms with van der Waals surface area (Å²) < 4.78 is 5.59. The number of aromatic carboxylic acids is 1. The number of ether oxygens (including phenoxy) is 1. The lowest BCUT2D eigenvalue weighted by Crippen LogP contribution is -2.42. The molecule has 1 fully saturated rings. The lowest BCUT2D eigenvalue weighted by molar-refractivity contribution is -0.122. The zero-order valence-electron chi connectivity index (χ0n) is 12.9. The van der Waals surface area contributed by atoms with Crippen LogP contribution in [0.4, 0.5) is 0 Å². The normalized spacial score (nSPS) is 21.3. The predicted molar refractivity (Wildman–Crippen MR) is 82.9 cm³/mol. The van der Waals surface area contributed by atoms with Crippen LogP contribution in [0.3, 0.4) is 0 Å². The van der Waals surface area contributed by atoms with E-state index in [9.17, 15) is 9.59 Å². The van der Waals surface area contributed by atoms with Crippen molar-refractivity contribution in [1.29, 1.82) is 0 Å². The Morgan fingerprint density at radius 2 is 2.14 bits per heavy atom. The zero-order valence-corrected chi connectivity index (χ0v) is 12.9. The third kappa shape index (κ3) is 4.56. The maximum atomic E-state index is 12.1. The Kier molecular flexibility index (Phi) is 5.95. The summed E-state index contributed by atoms with van der Waals surface area (Å²) in [6.07, 6.45) is 3.62. The number of rotatable bonds is 6. The number of nitrogens with one attached hydrogen (secondary N) is 1. The highest BCUT2D eigenvalue weighted by Gasteiger charge is 2.22. The standard InChI is InChI=1S/C17H23NO4/c1-2-14-11-13(9-10-22-14)18-16(19)8-7-12-5-3-4-6-15(12)17(20)21/h3-6,13-14H,2,7-11H2,1H3,(H,18,19)(H,20,21). The Labute approximate surface area is 130 Å². The number of carboxylic acids is 1. The van der Waals surface area contributed by atoms with Crippen LogP contribution >= 0.6 is 0 Å². The van der Waals surface area contributed by atoms with Gasteiger partial charge in [-0.3, -0.25) is 4.79 Å². The molecular formula is C17H23NO4. The number of carbonyl (C=O) groups excluding carboxylic acids is 1. The summed E-state index contributed by atoms with van der Waals surface area (Å²) in [6.45, 7) is 2.77. The molecule has 2 unspecified atom stereocenters. The quantitative estimate of drug-likeness (QED) is 0.846. The minimum Gasteiger partial charge on any atom is -0.478 e. The van der Waals surface area contributed by atoms with E-state index < -0.39 is 5.97 Å². The molecule has 22 heavy (non-hydrogen) atoms. The molecule has 0 saturated carbocycles. The molecule has 2 N–H and O–H groups in total. The summed E-state index contributed by atoms with van der Waals surface area (Å²) >= 11 is 0. The number of hydrogen-bond donors (Lipinski definition) is 2. The number of carbonyl (C=O) groups is 2. The Morgan fingerprint density at radius 1 is 1.36 bits per heavy atom. The summed E-state index contributed by atoms with van der Waals surface area (Å²) in [5.41, 5.74) is 0.968. The summed E-state index contributed by atoms with van der Waals surface area (Å²) in [5.74, 6) is -0.979. The van der Waals surface area contributed by atoms with E-state index in [1.54, 1.807) is 24.3 Å². The highest BCUT2D eigenvalue weighted by molar-refractivity contribution is 5.89. The molecular weight excluding hydrogens is 282 g/mol. The van der Waals surface area contributed by atoms with E-state index in [4.69, 9.17) is 9.84 Å². The lowest BCUT2D eigenvalue weighted by atomic mass is 10.0. The van der Waals surface area contributed by atoms with Gasteiger partial charge in [-0.1, -0.05) is 25.1 Å².